The van der Waals surface area contributed by atoms with E-state index in [1.165, 1.54) is 45.3 Å². The van der Waals surface area contributed by atoms with Crippen molar-refractivity contribution in [3.8, 4) is 0 Å². The van der Waals surface area contributed by atoms with Crippen LogP contribution in [0.15, 0.2) is 0 Å². The van der Waals surface area contributed by atoms with Crippen LogP contribution in [0.3, 0.4) is 0 Å². The lowest BCUT2D eigenvalue weighted by Gasteiger charge is -2.45. The molecule has 1 saturated carbocycles. The van der Waals surface area contributed by atoms with Crippen molar-refractivity contribution in [3.63, 3.8) is 0 Å². The Hall–Kier alpha value is -0.120. The van der Waals surface area contributed by atoms with Gasteiger partial charge in [-0.3, -0.25) is 9.80 Å². The first kappa shape index (κ1) is 14.3. The summed E-state index contributed by atoms with van der Waals surface area (Å²) in [6, 6.07) is 0.744. The lowest BCUT2D eigenvalue weighted by molar-refractivity contribution is 0.0502. The zero-order valence-electron chi connectivity index (χ0n) is 12.7. The zero-order chi connectivity index (χ0) is 13.4. The van der Waals surface area contributed by atoms with Crippen LogP contribution in [0.4, 0.5) is 0 Å². The molecule has 2 aliphatic rings. The lowest BCUT2D eigenvalue weighted by Crippen LogP contribution is -2.58. The molecule has 2 unspecified atom stereocenters. The maximum Gasteiger partial charge on any atom is 0.0354 e. The Bertz CT molecular complexity index is 287. The van der Waals surface area contributed by atoms with E-state index < -0.39 is 0 Å². The molecule has 2 atom stereocenters. The summed E-state index contributed by atoms with van der Waals surface area (Å²) in [5.41, 5.74) is 6.75. The van der Waals surface area contributed by atoms with Gasteiger partial charge in [0.15, 0.2) is 0 Å². The van der Waals surface area contributed by atoms with Gasteiger partial charge in [-0.2, -0.15) is 0 Å². The van der Waals surface area contributed by atoms with Crippen LogP contribution < -0.4 is 5.73 Å². The minimum atomic E-state index is 0.176. The van der Waals surface area contributed by atoms with Crippen LogP contribution in [0.25, 0.3) is 0 Å². The van der Waals surface area contributed by atoms with Gasteiger partial charge in [0.1, 0.15) is 0 Å². The number of nitrogens with two attached hydrogens (primary N) is 1. The molecule has 2 fully saturated rings. The van der Waals surface area contributed by atoms with Gasteiger partial charge in [-0.25, -0.2) is 0 Å². The van der Waals surface area contributed by atoms with Gasteiger partial charge in [0.05, 0.1) is 0 Å². The van der Waals surface area contributed by atoms with Gasteiger partial charge in [0.2, 0.25) is 0 Å². The minimum absolute atomic E-state index is 0.176. The van der Waals surface area contributed by atoms with E-state index in [0.717, 1.165) is 12.6 Å². The fourth-order valence-electron chi connectivity index (χ4n) is 3.62. The van der Waals surface area contributed by atoms with Crippen LogP contribution in [0.5, 0.6) is 0 Å². The first-order valence-corrected chi connectivity index (χ1v) is 7.62. The quantitative estimate of drug-likeness (QED) is 0.785. The van der Waals surface area contributed by atoms with E-state index in [0.29, 0.717) is 5.41 Å². The van der Waals surface area contributed by atoms with Gasteiger partial charge < -0.3 is 5.73 Å². The molecule has 1 aliphatic carbocycles. The molecule has 18 heavy (non-hydrogen) atoms. The molecule has 0 aromatic carbocycles. The summed E-state index contributed by atoms with van der Waals surface area (Å²) in [7, 11) is 2.28. The first-order valence-electron chi connectivity index (χ1n) is 7.62. The predicted molar refractivity (Wildman–Crippen MR) is 77.7 cm³/mol. The van der Waals surface area contributed by atoms with Crippen molar-refractivity contribution in [1.29, 1.82) is 0 Å². The highest BCUT2D eigenvalue weighted by molar-refractivity contribution is 5.09. The summed E-state index contributed by atoms with van der Waals surface area (Å²) in [6.45, 7) is 11.5. The fraction of sp³-hybridized carbons (Fsp3) is 1.00. The van der Waals surface area contributed by atoms with Crippen LogP contribution in [0.1, 0.15) is 46.5 Å². The van der Waals surface area contributed by atoms with Crippen LogP contribution >= 0.6 is 0 Å². The maximum atomic E-state index is 6.12. The van der Waals surface area contributed by atoms with Gasteiger partial charge in [0, 0.05) is 24.7 Å². The topological polar surface area (TPSA) is 32.5 Å². The Balaban J connectivity index is 1.99. The molecule has 1 saturated heterocycles. The Morgan fingerprint density at radius 3 is 2.61 bits per heavy atom. The zero-order valence-corrected chi connectivity index (χ0v) is 12.7. The largest absolute Gasteiger partial charge is 0.329 e. The molecule has 3 heteroatoms. The summed E-state index contributed by atoms with van der Waals surface area (Å²) >= 11 is 0. The van der Waals surface area contributed by atoms with E-state index in [1.807, 2.05) is 0 Å². The Morgan fingerprint density at radius 2 is 2.11 bits per heavy atom. The normalized spacial score (nSPS) is 30.7. The van der Waals surface area contributed by atoms with Crippen molar-refractivity contribution in [2.75, 3.05) is 33.2 Å². The van der Waals surface area contributed by atoms with Crippen molar-refractivity contribution >= 4 is 0 Å². The first-order chi connectivity index (χ1) is 8.47. The van der Waals surface area contributed by atoms with Crippen LogP contribution in [-0.4, -0.2) is 54.6 Å². The van der Waals surface area contributed by atoms with Crippen molar-refractivity contribution < 1.29 is 0 Å². The van der Waals surface area contributed by atoms with E-state index in [1.54, 1.807) is 0 Å². The average Bonchev–Trinajstić information content (AvgIpc) is 2.96. The van der Waals surface area contributed by atoms with Gasteiger partial charge in [0.25, 0.3) is 0 Å². The monoisotopic (exact) mass is 253 g/mol. The lowest BCUT2D eigenvalue weighted by atomic mass is 9.82. The summed E-state index contributed by atoms with van der Waals surface area (Å²) in [5.74, 6) is 0. The molecule has 0 aromatic heterocycles. The van der Waals surface area contributed by atoms with Crippen LogP contribution in [-0.2, 0) is 0 Å². The molecular formula is C15H31N3. The summed E-state index contributed by atoms with van der Waals surface area (Å²) in [4.78, 5) is 5.18. The molecule has 0 spiro atoms. The molecule has 0 amide bonds. The Morgan fingerprint density at radius 1 is 1.44 bits per heavy atom. The average molecular weight is 253 g/mol. The number of hydrogen-bond donors (Lipinski definition) is 1. The van der Waals surface area contributed by atoms with E-state index in [-0.39, 0.29) is 5.54 Å². The number of nitrogens with zero attached hydrogens (tertiary/aromatic N) is 2. The van der Waals surface area contributed by atoms with Crippen LogP contribution in [0.2, 0.25) is 0 Å². The van der Waals surface area contributed by atoms with Crippen molar-refractivity contribution in [1.82, 2.24) is 9.80 Å². The fourth-order valence-corrected chi connectivity index (χ4v) is 3.62. The van der Waals surface area contributed by atoms with Gasteiger partial charge in [-0.05, 0) is 58.2 Å². The third kappa shape index (κ3) is 2.33. The molecule has 0 radical (unpaired) electrons. The molecule has 106 valence electrons. The molecular weight excluding hydrogens is 222 g/mol. The van der Waals surface area contributed by atoms with E-state index in [2.05, 4.69) is 37.6 Å². The molecule has 0 bridgehead atoms. The highest BCUT2D eigenvalue weighted by atomic mass is 15.3. The number of likely N-dealkylation sites (N-methyl/N-ethyl adjacent to an activating group) is 2. The second-order valence-electron chi connectivity index (χ2n) is 6.84. The molecule has 1 heterocycles. The third-order valence-corrected chi connectivity index (χ3v) is 5.93. The van der Waals surface area contributed by atoms with E-state index in [9.17, 15) is 0 Å². The second kappa shape index (κ2) is 5.10. The predicted octanol–water partition coefficient (Wildman–Crippen LogP) is 1.92. The maximum absolute atomic E-state index is 6.12. The molecule has 0 aromatic rings. The highest BCUT2D eigenvalue weighted by Crippen LogP contribution is 2.55. The minimum Gasteiger partial charge on any atom is -0.329 e. The van der Waals surface area contributed by atoms with Gasteiger partial charge >= 0.3 is 0 Å². The summed E-state index contributed by atoms with van der Waals surface area (Å²) < 4.78 is 0. The Kier molecular flexibility index (Phi) is 4.05. The Labute approximate surface area is 113 Å². The summed E-state index contributed by atoms with van der Waals surface area (Å²) in [6.07, 6.45) is 5.40. The highest BCUT2D eigenvalue weighted by Gasteiger charge is 2.54. The van der Waals surface area contributed by atoms with E-state index in [4.69, 9.17) is 5.73 Å². The molecule has 3 nitrogen and oxygen atoms in total. The van der Waals surface area contributed by atoms with Crippen molar-refractivity contribution in [2.45, 2.75) is 58.0 Å². The molecule has 2 N–H and O–H groups in total. The SMILES string of the molecule is CCN1CCCC1CN(C)C(C)(CN)C1(C)CC1. The van der Waals surface area contributed by atoms with Gasteiger partial charge in [-0.15, -0.1) is 0 Å². The third-order valence-electron chi connectivity index (χ3n) is 5.93. The van der Waals surface area contributed by atoms with Gasteiger partial charge in [-0.1, -0.05) is 13.8 Å². The van der Waals surface area contributed by atoms with Crippen LogP contribution in [0, 0.1) is 5.41 Å². The number of hydrogen-bond acceptors (Lipinski definition) is 3. The molecule has 1 aliphatic heterocycles. The number of likely N-dealkylation sites (tertiary alicyclic amines) is 1. The number of rotatable bonds is 6. The summed E-state index contributed by atoms with van der Waals surface area (Å²) in [5, 5.41) is 0. The van der Waals surface area contributed by atoms with Crippen molar-refractivity contribution in [2.24, 2.45) is 11.1 Å². The smallest absolute Gasteiger partial charge is 0.0354 e. The standard InChI is InChI=1S/C15H31N3/c1-5-18-10-6-7-13(18)11-17(4)15(3,12-16)14(2)8-9-14/h13H,5-12,16H2,1-4H3. The second-order valence-corrected chi connectivity index (χ2v) is 6.84. The molecule has 2 rings (SSSR count). The van der Waals surface area contributed by atoms with Crippen molar-refractivity contribution in [3.05, 3.63) is 0 Å². The van der Waals surface area contributed by atoms with E-state index >= 15 is 0 Å².